The van der Waals surface area contributed by atoms with Gasteiger partial charge in [-0.1, -0.05) is 0 Å². The Bertz CT molecular complexity index is 166. The number of nitrogens with one attached hydrogen (secondary N) is 2. The number of hydrogen-bond acceptors (Lipinski definition) is 2. The number of rotatable bonds is 4. The third-order valence-corrected chi connectivity index (χ3v) is 2.52. The summed E-state index contributed by atoms with van der Waals surface area (Å²) in [7, 11) is 4.13. The van der Waals surface area contributed by atoms with E-state index < -0.39 is 0 Å². The predicted octanol–water partition coefficient (Wildman–Crippen LogP) is 0.811. The minimum Gasteiger partial charge on any atom is -0.363 e. The molecule has 0 spiro atoms. The van der Waals surface area contributed by atoms with Gasteiger partial charge in [-0.25, -0.2) is 0 Å². The molecule has 0 rings (SSSR count). The average molecular weight is 203 g/mol. The van der Waals surface area contributed by atoms with E-state index in [-0.39, 0.29) is 5.54 Å². The van der Waals surface area contributed by atoms with Crippen LogP contribution in [0.15, 0.2) is 0 Å². The first-order valence-electron chi connectivity index (χ1n) is 4.59. The molecule has 0 unspecified atom stereocenters. The predicted molar refractivity (Wildman–Crippen MR) is 62.0 cm³/mol. The Balaban J connectivity index is 3.81. The van der Waals surface area contributed by atoms with E-state index in [1.165, 1.54) is 0 Å². The smallest absolute Gasteiger partial charge is 0.166 e. The Morgan fingerprint density at radius 3 is 2.23 bits per heavy atom. The van der Waals surface area contributed by atoms with Crippen LogP contribution >= 0.6 is 12.2 Å². The van der Waals surface area contributed by atoms with Crippen molar-refractivity contribution in [2.75, 3.05) is 27.2 Å². The van der Waals surface area contributed by atoms with E-state index in [1.807, 2.05) is 6.92 Å². The van der Waals surface area contributed by atoms with Gasteiger partial charge in [0.2, 0.25) is 0 Å². The molecule has 0 saturated carbocycles. The van der Waals surface area contributed by atoms with Gasteiger partial charge in [-0.3, -0.25) is 0 Å². The molecular weight excluding hydrogens is 182 g/mol. The van der Waals surface area contributed by atoms with Gasteiger partial charge in [0, 0.05) is 18.6 Å². The Morgan fingerprint density at radius 1 is 1.31 bits per heavy atom. The fourth-order valence-corrected chi connectivity index (χ4v) is 0.894. The van der Waals surface area contributed by atoms with Gasteiger partial charge in [0.1, 0.15) is 0 Å². The average Bonchev–Trinajstić information content (AvgIpc) is 2.01. The fourth-order valence-electron chi connectivity index (χ4n) is 0.678. The van der Waals surface area contributed by atoms with Crippen molar-refractivity contribution in [1.29, 1.82) is 0 Å². The highest BCUT2D eigenvalue weighted by Crippen LogP contribution is 2.07. The van der Waals surface area contributed by atoms with Gasteiger partial charge < -0.3 is 15.5 Å². The van der Waals surface area contributed by atoms with Crippen molar-refractivity contribution in [3.63, 3.8) is 0 Å². The van der Waals surface area contributed by atoms with E-state index in [2.05, 4.69) is 43.5 Å². The second-order valence-electron chi connectivity index (χ2n) is 3.92. The highest BCUT2D eigenvalue weighted by Gasteiger charge is 2.19. The highest BCUT2D eigenvalue weighted by atomic mass is 32.1. The third kappa shape index (κ3) is 5.05. The van der Waals surface area contributed by atoms with Crippen molar-refractivity contribution < 1.29 is 0 Å². The summed E-state index contributed by atoms with van der Waals surface area (Å²) in [6, 6.07) is 0. The summed E-state index contributed by atoms with van der Waals surface area (Å²) in [5.41, 5.74) is 0.124. The molecule has 4 heteroatoms. The summed E-state index contributed by atoms with van der Waals surface area (Å²) >= 11 is 5.07. The van der Waals surface area contributed by atoms with Gasteiger partial charge in [0.05, 0.1) is 0 Å². The normalized spacial score (nSPS) is 11.5. The Morgan fingerprint density at radius 2 is 1.85 bits per heavy atom. The zero-order chi connectivity index (χ0) is 10.5. The van der Waals surface area contributed by atoms with Crippen molar-refractivity contribution in [2.45, 2.75) is 26.3 Å². The molecule has 2 N–H and O–H groups in total. The van der Waals surface area contributed by atoms with Crippen molar-refractivity contribution in [3.8, 4) is 0 Å². The molecule has 0 saturated heterocycles. The molecule has 3 nitrogen and oxygen atoms in total. The highest BCUT2D eigenvalue weighted by molar-refractivity contribution is 7.80. The van der Waals surface area contributed by atoms with Crippen LogP contribution in [0.4, 0.5) is 0 Å². The molecule has 0 aliphatic heterocycles. The van der Waals surface area contributed by atoms with Gasteiger partial charge >= 0.3 is 0 Å². The Hall–Kier alpha value is -0.350. The van der Waals surface area contributed by atoms with Crippen molar-refractivity contribution >= 4 is 17.3 Å². The monoisotopic (exact) mass is 203 g/mol. The quantitative estimate of drug-likeness (QED) is 0.661. The van der Waals surface area contributed by atoms with Crippen LogP contribution in [0.25, 0.3) is 0 Å². The molecule has 78 valence electrons. The van der Waals surface area contributed by atoms with Crippen LogP contribution in [0.3, 0.4) is 0 Å². The third-order valence-electron chi connectivity index (χ3n) is 2.23. The SMILES string of the molecule is CCNC(=S)NCC(C)(C)N(C)C. The molecule has 0 fully saturated rings. The first-order valence-corrected chi connectivity index (χ1v) is 5.00. The minimum atomic E-state index is 0.124. The summed E-state index contributed by atoms with van der Waals surface area (Å²) in [6.07, 6.45) is 0. The summed E-state index contributed by atoms with van der Waals surface area (Å²) < 4.78 is 0. The van der Waals surface area contributed by atoms with Gasteiger partial charge in [0.25, 0.3) is 0 Å². The minimum absolute atomic E-state index is 0.124. The molecule has 0 radical (unpaired) electrons. The zero-order valence-corrected chi connectivity index (χ0v) is 10.1. The van der Waals surface area contributed by atoms with Crippen LogP contribution in [0.1, 0.15) is 20.8 Å². The standard InChI is InChI=1S/C9H21N3S/c1-6-10-8(13)11-7-9(2,3)12(4)5/h6-7H2,1-5H3,(H2,10,11,13). The van der Waals surface area contributed by atoms with Gasteiger partial charge in [-0.05, 0) is 47.1 Å². The van der Waals surface area contributed by atoms with Crippen LogP contribution in [0.5, 0.6) is 0 Å². The maximum Gasteiger partial charge on any atom is 0.166 e. The van der Waals surface area contributed by atoms with E-state index in [0.29, 0.717) is 0 Å². The summed E-state index contributed by atoms with van der Waals surface area (Å²) in [6.45, 7) is 8.11. The molecule has 0 bridgehead atoms. The van der Waals surface area contributed by atoms with Crippen molar-refractivity contribution in [1.82, 2.24) is 15.5 Å². The van der Waals surface area contributed by atoms with Gasteiger partial charge in [-0.2, -0.15) is 0 Å². The molecular formula is C9H21N3S. The molecule has 0 aromatic carbocycles. The molecule has 0 aliphatic rings. The Labute approximate surface area is 86.9 Å². The van der Waals surface area contributed by atoms with E-state index in [9.17, 15) is 0 Å². The molecule has 0 amide bonds. The topological polar surface area (TPSA) is 27.3 Å². The second-order valence-corrected chi connectivity index (χ2v) is 4.33. The number of likely N-dealkylation sites (N-methyl/N-ethyl adjacent to an activating group) is 1. The lowest BCUT2D eigenvalue weighted by Gasteiger charge is -2.33. The maximum absolute atomic E-state index is 5.07. The maximum atomic E-state index is 5.07. The van der Waals surface area contributed by atoms with Gasteiger partial charge in [0.15, 0.2) is 5.11 Å². The molecule has 13 heavy (non-hydrogen) atoms. The number of nitrogens with zero attached hydrogens (tertiary/aromatic N) is 1. The molecule has 0 atom stereocenters. The van der Waals surface area contributed by atoms with Crippen LogP contribution in [0.2, 0.25) is 0 Å². The van der Waals surface area contributed by atoms with Crippen molar-refractivity contribution in [2.24, 2.45) is 0 Å². The first kappa shape index (κ1) is 12.7. The molecule has 0 aliphatic carbocycles. The number of hydrogen-bond donors (Lipinski definition) is 2. The first-order chi connectivity index (χ1) is 5.90. The summed E-state index contributed by atoms with van der Waals surface area (Å²) in [4.78, 5) is 2.18. The van der Waals surface area contributed by atoms with Crippen LogP contribution < -0.4 is 10.6 Å². The summed E-state index contributed by atoms with van der Waals surface area (Å²) in [5, 5.41) is 6.98. The fraction of sp³-hybridized carbons (Fsp3) is 0.889. The lowest BCUT2D eigenvalue weighted by Crippen LogP contribution is -2.50. The van der Waals surface area contributed by atoms with Gasteiger partial charge in [-0.15, -0.1) is 0 Å². The van der Waals surface area contributed by atoms with Crippen LogP contribution in [-0.4, -0.2) is 42.7 Å². The molecule has 0 aromatic rings. The van der Waals surface area contributed by atoms with E-state index in [1.54, 1.807) is 0 Å². The number of thiocarbonyl (C=S) groups is 1. The van der Waals surface area contributed by atoms with Crippen molar-refractivity contribution in [3.05, 3.63) is 0 Å². The van der Waals surface area contributed by atoms with Crippen LogP contribution in [0, 0.1) is 0 Å². The second kappa shape index (κ2) is 5.40. The zero-order valence-electron chi connectivity index (χ0n) is 9.27. The lowest BCUT2D eigenvalue weighted by molar-refractivity contribution is 0.198. The largest absolute Gasteiger partial charge is 0.363 e. The van der Waals surface area contributed by atoms with E-state index in [4.69, 9.17) is 12.2 Å². The molecule has 0 aromatic heterocycles. The summed E-state index contributed by atoms with van der Waals surface area (Å²) in [5.74, 6) is 0. The Kier molecular flexibility index (Phi) is 5.25. The lowest BCUT2D eigenvalue weighted by atomic mass is 10.1. The van der Waals surface area contributed by atoms with E-state index in [0.717, 1.165) is 18.2 Å². The molecule has 0 heterocycles. The van der Waals surface area contributed by atoms with Crippen LogP contribution in [-0.2, 0) is 0 Å². The van der Waals surface area contributed by atoms with E-state index >= 15 is 0 Å².